The van der Waals surface area contributed by atoms with E-state index in [4.69, 9.17) is 0 Å². The van der Waals surface area contributed by atoms with Gasteiger partial charge < -0.3 is 5.32 Å². The number of amides is 1. The van der Waals surface area contributed by atoms with E-state index in [1.165, 1.54) is 16.7 Å². The smallest absolute Gasteiger partial charge is 0.243 e. The van der Waals surface area contributed by atoms with Crippen molar-refractivity contribution >= 4 is 12.0 Å². The summed E-state index contributed by atoms with van der Waals surface area (Å²) in [5.74, 6) is 0.724. The first-order chi connectivity index (χ1) is 14.1. The van der Waals surface area contributed by atoms with E-state index in [1.807, 2.05) is 18.2 Å². The van der Waals surface area contributed by atoms with Crippen LogP contribution in [0.25, 0.3) is 6.08 Å². The minimum absolute atomic E-state index is 0.0576. The van der Waals surface area contributed by atoms with Crippen LogP contribution in [0.4, 0.5) is 0 Å². The lowest BCUT2D eigenvalue weighted by molar-refractivity contribution is -0.116. The minimum atomic E-state index is -0.0576. The van der Waals surface area contributed by atoms with Gasteiger partial charge in [-0.1, -0.05) is 98.8 Å². The van der Waals surface area contributed by atoms with Gasteiger partial charge in [0.2, 0.25) is 5.91 Å². The first-order valence-corrected chi connectivity index (χ1v) is 10.3. The molecular formula is C27H29NO. The van der Waals surface area contributed by atoms with Crippen molar-refractivity contribution < 1.29 is 4.79 Å². The lowest BCUT2D eigenvalue weighted by Crippen LogP contribution is -2.23. The Kier molecular flexibility index (Phi) is 7.40. The summed E-state index contributed by atoms with van der Waals surface area (Å²) in [6.07, 6.45) is 4.34. The molecule has 2 nitrogen and oxygen atoms in total. The molecular weight excluding hydrogens is 354 g/mol. The normalized spacial score (nSPS) is 11.3. The number of carbonyl (C=O) groups excluding carboxylic acids is 1. The van der Waals surface area contributed by atoms with Gasteiger partial charge in [-0.25, -0.2) is 0 Å². The van der Waals surface area contributed by atoms with Crippen LogP contribution >= 0.6 is 0 Å². The summed E-state index contributed by atoms with van der Waals surface area (Å²) in [5, 5.41) is 3.03. The van der Waals surface area contributed by atoms with Gasteiger partial charge >= 0.3 is 0 Å². The fourth-order valence-electron chi connectivity index (χ4n) is 3.46. The minimum Gasteiger partial charge on any atom is -0.353 e. The maximum Gasteiger partial charge on any atom is 0.243 e. The van der Waals surface area contributed by atoms with Gasteiger partial charge in [-0.2, -0.15) is 0 Å². The molecule has 0 spiro atoms. The summed E-state index contributed by atoms with van der Waals surface area (Å²) in [6, 6.07) is 29.3. The summed E-state index contributed by atoms with van der Waals surface area (Å²) >= 11 is 0. The lowest BCUT2D eigenvalue weighted by Gasteiger charge is -2.18. The number of benzene rings is 3. The lowest BCUT2D eigenvalue weighted by atomic mass is 9.88. The standard InChI is InChI=1S/C27H29NO/c1-21(2)23-16-13-22(14-17-23)15-18-27(29)28-20-19-26(24-9-5-3-6-10-24)25-11-7-4-8-12-25/h3-18,21,26H,19-20H2,1-2H3,(H,28,29)/b18-15-. The molecule has 0 saturated heterocycles. The van der Waals surface area contributed by atoms with E-state index >= 15 is 0 Å². The monoisotopic (exact) mass is 383 g/mol. The molecule has 0 aliphatic carbocycles. The number of hydrogen-bond acceptors (Lipinski definition) is 1. The Balaban J connectivity index is 1.57. The highest BCUT2D eigenvalue weighted by molar-refractivity contribution is 5.91. The molecule has 0 bridgehead atoms. The zero-order chi connectivity index (χ0) is 20.5. The Morgan fingerprint density at radius 2 is 1.34 bits per heavy atom. The molecule has 0 aliphatic heterocycles. The van der Waals surface area contributed by atoms with Crippen LogP contribution in [0.5, 0.6) is 0 Å². The van der Waals surface area contributed by atoms with Crippen molar-refractivity contribution in [3.8, 4) is 0 Å². The van der Waals surface area contributed by atoms with E-state index in [0.717, 1.165) is 12.0 Å². The maximum atomic E-state index is 12.2. The van der Waals surface area contributed by atoms with Crippen molar-refractivity contribution in [2.24, 2.45) is 0 Å². The van der Waals surface area contributed by atoms with Gasteiger partial charge in [-0.15, -0.1) is 0 Å². The summed E-state index contributed by atoms with van der Waals surface area (Å²) in [5.41, 5.74) is 4.89. The molecule has 1 amide bonds. The van der Waals surface area contributed by atoms with Crippen molar-refractivity contribution in [1.29, 1.82) is 0 Å². The molecule has 29 heavy (non-hydrogen) atoms. The summed E-state index contributed by atoms with van der Waals surface area (Å²) in [7, 11) is 0. The fourth-order valence-corrected chi connectivity index (χ4v) is 3.46. The van der Waals surface area contributed by atoms with Crippen LogP contribution < -0.4 is 5.32 Å². The molecule has 148 valence electrons. The third-order valence-corrected chi connectivity index (χ3v) is 5.17. The number of carbonyl (C=O) groups is 1. The number of hydrogen-bond donors (Lipinski definition) is 1. The van der Waals surface area contributed by atoms with E-state index in [0.29, 0.717) is 12.5 Å². The maximum absolute atomic E-state index is 12.2. The van der Waals surface area contributed by atoms with Gasteiger partial charge in [0.05, 0.1) is 0 Å². The van der Waals surface area contributed by atoms with Crippen molar-refractivity contribution in [2.45, 2.75) is 32.1 Å². The van der Waals surface area contributed by atoms with Crippen molar-refractivity contribution in [2.75, 3.05) is 6.54 Å². The molecule has 0 fully saturated rings. The summed E-state index contributed by atoms with van der Waals surface area (Å²) in [6.45, 7) is 4.98. The first kappa shape index (κ1) is 20.6. The molecule has 3 aromatic rings. The van der Waals surface area contributed by atoms with Crippen molar-refractivity contribution in [1.82, 2.24) is 5.32 Å². The topological polar surface area (TPSA) is 29.1 Å². The molecule has 0 heterocycles. The van der Waals surface area contributed by atoms with Crippen LogP contribution in [0.3, 0.4) is 0 Å². The van der Waals surface area contributed by atoms with Gasteiger partial charge in [0.15, 0.2) is 0 Å². The fraction of sp³-hybridized carbons (Fsp3) is 0.222. The molecule has 0 unspecified atom stereocenters. The molecule has 2 heteroatoms. The zero-order valence-electron chi connectivity index (χ0n) is 17.2. The van der Waals surface area contributed by atoms with Crippen LogP contribution in [-0.2, 0) is 4.79 Å². The van der Waals surface area contributed by atoms with Crippen molar-refractivity contribution in [3.05, 3.63) is 113 Å². The SMILES string of the molecule is CC(C)c1ccc(/C=C\C(=O)NCCC(c2ccccc2)c2ccccc2)cc1. The molecule has 3 rings (SSSR count). The highest BCUT2D eigenvalue weighted by Crippen LogP contribution is 2.27. The molecule has 0 radical (unpaired) electrons. The van der Waals surface area contributed by atoms with Crippen LogP contribution in [0.15, 0.2) is 91.0 Å². The second-order valence-corrected chi connectivity index (χ2v) is 7.61. The van der Waals surface area contributed by atoms with E-state index in [9.17, 15) is 4.79 Å². The third-order valence-electron chi connectivity index (χ3n) is 5.17. The zero-order valence-corrected chi connectivity index (χ0v) is 17.2. The number of nitrogens with one attached hydrogen (secondary N) is 1. The van der Waals surface area contributed by atoms with E-state index in [-0.39, 0.29) is 11.8 Å². The quantitative estimate of drug-likeness (QED) is 0.464. The Morgan fingerprint density at radius 3 is 1.86 bits per heavy atom. The van der Waals surface area contributed by atoms with E-state index in [2.05, 4.69) is 92.0 Å². The third kappa shape index (κ3) is 6.18. The Hall–Kier alpha value is -3.13. The molecule has 3 aromatic carbocycles. The summed E-state index contributed by atoms with van der Waals surface area (Å²) in [4.78, 5) is 12.2. The highest BCUT2D eigenvalue weighted by Gasteiger charge is 2.13. The predicted octanol–water partition coefficient (Wildman–Crippen LogP) is 6.16. The van der Waals surface area contributed by atoms with E-state index < -0.39 is 0 Å². The van der Waals surface area contributed by atoms with Crippen LogP contribution in [0.2, 0.25) is 0 Å². The van der Waals surface area contributed by atoms with Crippen molar-refractivity contribution in [3.63, 3.8) is 0 Å². The Morgan fingerprint density at radius 1 is 0.793 bits per heavy atom. The van der Waals surface area contributed by atoms with Gasteiger partial charge in [-0.05, 0) is 40.7 Å². The largest absolute Gasteiger partial charge is 0.353 e. The molecule has 1 N–H and O–H groups in total. The highest BCUT2D eigenvalue weighted by atomic mass is 16.1. The van der Waals surface area contributed by atoms with Crippen LogP contribution in [-0.4, -0.2) is 12.5 Å². The summed E-state index contributed by atoms with van der Waals surface area (Å²) < 4.78 is 0. The Bertz CT molecular complexity index is 872. The van der Waals surface area contributed by atoms with Crippen LogP contribution in [0, 0.1) is 0 Å². The average molecular weight is 384 g/mol. The molecule has 0 aromatic heterocycles. The van der Waals surface area contributed by atoms with Gasteiger partial charge in [0.1, 0.15) is 0 Å². The molecule has 0 aliphatic rings. The van der Waals surface area contributed by atoms with Gasteiger partial charge in [0.25, 0.3) is 0 Å². The molecule has 0 saturated carbocycles. The molecule has 0 atom stereocenters. The number of rotatable bonds is 8. The second-order valence-electron chi connectivity index (χ2n) is 7.61. The Labute approximate surface area is 174 Å². The van der Waals surface area contributed by atoms with E-state index in [1.54, 1.807) is 6.08 Å². The average Bonchev–Trinajstić information content (AvgIpc) is 2.77. The first-order valence-electron chi connectivity index (χ1n) is 10.3. The van der Waals surface area contributed by atoms with Gasteiger partial charge in [0, 0.05) is 18.5 Å². The van der Waals surface area contributed by atoms with Crippen LogP contribution in [0.1, 0.15) is 54.4 Å². The second kappa shape index (κ2) is 10.4. The van der Waals surface area contributed by atoms with Gasteiger partial charge in [-0.3, -0.25) is 4.79 Å². The predicted molar refractivity (Wildman–Crippen MR) is 122 cm³/mol.